The Hall–Kier alpha value is -1.85. The van der Waals surface area contributed by atoms with E-state index in [1.807, 2.05) is 25.7 Å². The number of nitrogens with zero attached hydrogens (tertiary/aromatic N) is 3. The van der Waals surface area contributed by atoms with Gasteiger partial charge in [0.05, 0.1) is 0 Å². The lowest BCUT2D eigenvalue weighted by Gasteiger charge is -2.36. The molecule has 0 saturated carbocycles. The van der Waals surface area contributed by atoms with Gasteiger partial charge in [-0.2, -0.15) is 0 Å². The number of piperazine rings is 1. The quantitative estimate of drug-likeness (QED) is 0.836. The second kappa shape index (κ2) is 5.42. The molecule has 0 bridgehead atoms. The monoisotopic (exact) mass is 263 g/mol. The van der Waals surface area contributed by atoms with Crippen LogP contribution in [0.2, 0.25) is 0 Å². The predicted molar refractivity (Wildman–Crippen MR) is 75.0 cm³/mol. The fraction of sp³-hybridized carbons (Fsp3) is 0.615. The van der Waals surface area contributed by atoms with E-state index in [1.54, 1.807) is 0 Å². The molecule has 1 aromatic heterocycles. The third-order valence-electron chi connectivity index (χ3n) is 3.51. The van der Waals surface area contributed by atoms with Gasteiger partial charge in [-0.1, -0.05) is 13.8 Å². The molecule has 1 aliphatic rings. The number of carbonyl (C=O) groups excluding carboxylic acids is 1. The van der Waals surface area contributed by atoms with Crippen molar-refractivity contribution in [2.75, 3.05) is 23.7 Å². The molecule has 1 aromatic rings. The molecule has 1 unspecified atom stereocenters. The van der Waals surface area contributed by atoms with E-state index < -0.39 is 0 Å². The van der Waals surface area contributed by atoms with E-state index >= 15 is 0 Å². The van der Waals surface area contributed by atoms with E-state index in [0.717, 1.165) is 36.6 Å². The van der Waals surface area contributed by atoms with Gasteiger partial charge in [0.2, 0.25) is 5.91 Å². The van der Waals surface area contributed by atoms with Gasteiger partial charge in [0, 0.05) is 25.1 Å². The van der Waals surface area contributed by atoms with E-state index in [9.17, 15) is 4.79 Å². The van der Waals surface area contributed by atoms with E-state index in [4.69, 9.17) is 5.73 Å². The van der Waals surface area contributed by atoms with Crippen LogP contribution in [0.5, 0.6) is 0 Å². The minimum Gasteiger partial charge on any atom is -0.383 e. The first kappa shape index (κ1) is 13.6. The third-order valence-corrected chi connectivity index (χ3v) is 3.51. The summed E-state index contributed by atoms with van der Waals surface area (Å²) in [5.41, 5.74) is 6.80. The molecule has 2 rings (SSSR count). The molecular formula is C13H21N5O. The highest BCUT2D eigenvalue weighted by Crippen LogP contribution is 2.25. The van der Waals surface area contributed by atoms with Crippen molar-refractivity contribution in [3.05, 3.63) is 11.4 Å². The second-order valence-corrected chi connectivity index (χ2v) is 4.74. The van der Waals surface area contributed by atoms with E-state index in [2.05, 4.69) is 15.3 Å². The summed E-state index contributed by atoms with van der Waals surface area (Å²) >= 11 is 0. The number of nitrogens with one attached hydrogen (secondary N) is 1. The highest BCUT2D eigenvalue weighted by Gasteiger charge is 2.30. The molecule has 1 atom stereocenters. The first-order valence-electron chi connectivity index (χ1n) is 6.75. The van der Waals surface area contributed by atoms with Crippen LogP contribution < -0.4 is 16.0 Å². The molecule has 2 heterocycles. The van der Waals surface area contributed by atoms with Crippen molar-refractivity contribution >= 4 is 17.5 Å². The zero-order valence-corrected chi connectivity index (χ0v) is 11.7. The van der Waals surface area contributed by atoms with E-state index in [0.29, 0.717) is 12.4 Å². The standard InChI is InChI=1S/C13H21N5O/c1-4-9-13(19)15-6-7-18(9)12-8(3)11(14)16-10(5-2)17-12/h9H,4-7H2,1-3H3,(H,15,19)(H2,14,16,17). The highest BCUT2D eigenvalue weighted by molar-refractivity contribution is 5.86. The van der Waals surface area contributed by atoms with Crippen LogP contribution in [0.4, 0.5) is 11.6 Å². The van der Waals surface area contributed by atoms with Crippen molar-refractivity contribution < 1.29 is 4.79 Å². The summed E-state index contributed by atoms with van der Waals surface area (Å²) in [6, 6.07) is -0.175. The van der Waals surface area contributed by atoms with Gasteiger partial charge in [-0.3, -0.25) is 4.79 Å². The van der Waals surface area contributed by atoms with Gasteiger partial charge < -0.3 is 16.0 Å². The summed E-state index contributed by atoms with van der Waals surface area (Å²) in [5, 5.41) is 2.89. The first-order valence-corrected chi connectivity index (χ1v) is 6.75. The number of nitrogen functional groups attached to an aromatic ring is 1. The molecule has 0 aliphatic carbocycles. The summed E-state index contributed by atoms with van der Waals surface area (Å²) < 4.78 is 0. The smallest absolute Gasteiger partial charge is 0.242 e. The number of aromatic nitrogens is 2. The molecule has 19 heavy (non-hydrogen) atoms. The molecule has 3 N–H and O–H groups in total. The van der Waals surface area contributed by atoms with Crippen molar-refractivity contribution in [1.29, 1.82) is 0 Å². The highest BCUT2D eigenvalue weighted by atomic mass is 16.2. The fourth-order valence-corrected chi connectivity index (χ4v) is 2.38. The zero-order chi connectivity index (χ0) is 14.0. The zero-order valence-electron chi connectivity index (χ0n) is 11.7. The van der Waals surface area contributed by atoms with Gasteiger partial charge in [-0.25, -0.2) is 9.97 Å². The number of carbonyl (C=O) groups is 1. The topological polar surface area (TPSA) is 84.1 Å². The summed E-state index contributed by atoms with van der Waals surface area (Å²) in [5.74, 6) is 2.08. The van der Waals surface area contributed by atoms with Crippen LogP contribution in [-0.2, 0) is 11.2 Å². The van der Waals surface area contributed by atoms with Crippen molar-refractivity contribution in [2.24, 2.45) is 0 Å². The van der Waals surface area contributed by atoms with Crippen LogP contribution in [0.3, 0.4) is 0 Å². The molecule has 6 nitrogen and oxygen atoms in total. The van der Waals surface area contributed by atoms with E-state index in [-0.39, 0.29) is 11.9 Å². The molecule has 1 aliphatic heterocycles. The van der Waals surface area contributed by atoms with Crippen molar-refractivity contribution in [3.8, 4) is 0 Å². The van der Waals surface area contributed by atoms with Crippen molar-refractivity contribution in [3.63, 3.8) is 0 Å². The summed E-state index contributed by atoms with van der Waals surface area (Å²) in [6.07, 6.45) is 1.48. The van der Waals surface area contributed by atoms with Crippen LogP contribution in [0.15, 0.2) is 0 Å². The SMILES string of the molecule is CCc1nc(N)c(C)c(N2CCNC(=O)C2CC)n1. The number of aryl methyl sites for hydroxylation is 1. The Morgan fingerprint density at radius 1 is 1.42 bits per heavy atom. The molecule has 104 valence electrons. The van der Waals surface area contributed by atoms with Gasteiger partial charge >= 0.3 is 0 Å². The maximum absolute atomic E-state index is 11.9. The van der Waals surface area contributed by atoms with E-state index in [1.165, 1.54) is 0 Å². The Kier molecular flexibility index (Phi) is 3.87. The first-order chi connectivity index (χ1) is 9.08. The minimum absolute atomic E-state index is 0.0587. The lowest BCUT2D eigenvalue weighted by atomic mass is 10.1. The third kappa shape index (κ3) is 2.47. The van der Waals surface area contributed by atoms with Crippen LogP contribution >= 0.6 is 0 Å². The molecule has 6 heteroatoms. The van der Waals surface area contributed by atoms with Crippen LogP contribution in [0.25, 0.3) is 0 Å². The van der Waals surface area contributed by atoms with Gasteiger partial charge in [-0.05, 0) is 13.3 Å². The molecule has 1 fully saturated rings. The maximum Gasteiger partial charge on any atom is 0.242 e. The Labute approximate surface area is 113 Å². The number of nitrogens with two attached hydrogens (primary N) is 1. The Morgan fingerprint density at radius 2 is 2.16 bits per heavy atom. The van der Waals surface area contributed by atoms with Crippen LogP contribution in [0, 0.1) is 6.92 Å². The van der Waals surface area contributed by atoms with Crippen LogP contribution in [0.1, 0.15) is 31.7 Å². The summed E-state index contributed by atoms with van der Waals surface area (Å²) in [6.45, 7) is 7.30. The fourth-order valence-electron chi connectivity index (χ4n) is 2.38. The number of amides is 1. The van der Waals surface area contributed by atoms with Crippen LogP contribution in [-0.4, -0.2) is 35.0 Å². The van der Waals surface area contributed by atoms with Gasteiger partial charge in [0.15, 0.2) is 0 Å². The number of anilines is 2. The Bertz CT molecular complexity index is 488. The van der Waals surface area contributed by atoms with Gasteiger partial charge in [-0.15, -0.1) is 0 Å². The molecule has 0 aromatic carbocycles. The Balaban J connectivity index is 2.44. The minimum atomic E-state index is -0.175. The van der Waals surface area contributed by atoms with Gasteiger partial charge in [0.1, 0.15) is 23.5 Å². The lowest BCUT2D eigenvalue weighted by molar-refractivity contribution is -0.123. The average Bonchev–Trinajstić information content (AvgIpc) is 2.41. The predicted octanol–water partition coefficient (Wildman–Crippen LogP) is 0.644. The lowest BCUT2D eigenvalue weighted by Crippen LogP contribution is -2.55. The second-order valence-electron chi connectivity index (χ2n) is 4.74. The Morgan fingerprint density at radius 3 is 2.79 bits per heavy atom. The average molecular weight is 263 g/mol. The normalized spacial score (nSPS) is 19.4. The number of hydrogen-bond donors (Lipinski definition) is 2. The van der Waals surface area contributed by atoms with Gasteiger partial charge in [0.25, 0.3) is 0 Å². The number of rotatable bonds is 3. The maximum atomic E-state index is 11.9. The molecule has 0 spiro atoms. The molecular weight excluding hydrogens is 242 g/mol. The molecule has 1 amide bonds. The number of hydrogen-bond acceptors (Lipinski definition) is 5. The van der Waals surface area contributed by atoms with Crippen molar-refractivity contribution in [1.82, 2.24) is 15.3 Å². The van der Waals surface area contributed by atoms with Crippen molar-refractivity contribution in [2.45, 2.75) is 39.7 Å². The largest absolute Gasteiger partial charge is 0.383 e. The molecule has 1 saturated heterocycles. The summed E-state index contributed by atoms with van der Waals surface area (Å²) in [7, 11) is 0. The molecule has 0 radical (unpaired) electrons. The summed E-state index contributed by atoms with van der Waals surface area (Å²) in [4.78, 5) is 22.8.